The maximum atomic E-state index is 12.0. The molecule has 7 heteroatoms. The number of hydrogen-bond acceptors (Lipinski definition) is 4. The van der Waals surface area contributed by atoms with Gasteiger partial charge in [-0.1, -0.05) is 37.2 Å². The van der Waals surface area contributed by atoms with Crippen LogP contribution in [0.2, 0.25) is 0 Å². The molecule has 3 rings (SSSR count). The Kier molecular flexibility index (Phi) is 5.01. The Hall–Kier alpha value is -1.34. The van der Waals surface area contributed by atoms with E-state index in [1.165, 1.54) is 24.2 Å². The highest BCUT2D eigenvalue weighted by molar-refractivity contribution is 8.16. The van der Waals surface area contributed by atoms with E-state index in [1.54, 1.807) is 0 Å². The van der Waals surface area contributed by atoms with Crippen molar-refractivity contribution in [2.75, 3.05) is 16.4 Å². The standard InChI is InChI=1S/C17H22N2O3S2/c1-3-4-5-13-6-8-14(9-7-13)19-15-10-24(21,22)11-16(15)23-17(19)18-12(2)20/h6-9,15-16H,3-5,10-11H2,1-2H3/t15-,16+/m0/s1. The van der Waals surface area contributed by atoms with Crippen LogP contribution in [0.4, 0.5) is 5.69 Å². The molecule has 2 fully saturated rings. The number of anilines is 1. The van der Waals surface area contributed by atoms with E-state index in [0.717, 1.165) is 24.9 Å². The summed E-state index contributed by atoms with van der Waals surface area (Å²) >= 11 is 1.41. The van der Waals surface area contributed by atoms with Crippen LogP contribution in [0.1, 0.15) is 32.3 Å². The van der Waals surface area contributed by atoms with Crippen molar-refractivity contribution in [3.63, 3.8) is 0 Å². The molecule has 0 saturated carbocycles. The number of benzene rings is 1. The lowest BCUT2D eigenvalue weighted by Gasteiger charge is -2.24. The van der Waals surface area contributed by atoms with Crippen molar-refractivity contribution in [2.45, 2.75) is 44.4 Å². The zero-order valence-corrected chi connectivity index (χ0v) is 15.6. The van der Waals surface area contributed by atoms with Crippen molar-refractivity contribution in [3.05, 3.63) is 29.8 Å². The molecule has 24 heavy (non-hydrogen) atoms. The summed E-state index contributed by atoms with van der Waals surface area (Å²) < 4.78 is 24.0. The fourth-order valence-electron chi connectivity index (χ4n) is 3.21. The average Bonchev–Trinajstić information content (AvgIpc) is 2.96. The van der Waals surface area contributed by atoms with E-state index >= 15 is 0 Å². The van der Waals surface area contributed by atoms with Gasteiger partial charge < -0.3 is 4.90 Å². The van der Waals surface area contributed by atoms with Crippen molar-refractivity contribution >= 4 is 38.4 Å². The lowest BCUT2D eigenvalue weighted by Crippen LogP contribution is -2.37. The molecule has 2 aliphatic heterocycles. The van der Waals surface area contributed by atoms with Crippen LogP contribution in [0.15, 0.2) is 29.3 Å². The van der Waals surface area contributed by atoms with Crippen LogP contribution in [0.5, 0.6) is 0 Å². The summed E-state index contributed by atoms with van der Waals surface area (Å²) in [5.41, 5.74) is 2.18. The topological polar surface area (TPSA) is 66.8 Å². The smallest absolute Gasteiger partial charge is 0.244 e. The molecule has 130 valence electrons. The van der Waals surface area contributed by atoms with E-state index in [2.05, 4.69) is 24.0 Å². The van der Waals surface area contributed by atoms with E-state index in [4.69, 9.17) is 0 Å². The van der Waals surface area contributed by atoms with Gasteiger partial charge in [-0.15, -0.1) is 0 Å². The van der Waals surface area contributed by atoms with Crippen LogP contribution in [-0.4, -0.2) is 42.3 Å². The fraction of sp³-hybridized carbons (Fsp3) is 0.529. The summed E-state index contributed by atoms with van der Waals surface area (Å²) in [6.07, 6.45) is 3.35. The van der Waals surface area contributed by atoms with Gasteiger partial charge in [0.2, 0.25) is 5.91 Å². The van der Waals surface area contributed by atoms with E-state index in [1.807, 2.05) is 17.0 Å². The largest absolute Gasteiger partial charge is 0.316 e. The van der Waals surface area contributed by atoms with Gasteiger partial charge in [0.1, 0.15) is 0 Å². The molecule has 0 spiro atoms. The Morgan fingerprint density at radius 2 is 2.00 bits per heavy atom. The first kappa shape index (κ1) is 17.5. The number of aryl methyl sites for hydroxylation is 1. The summed E-state index contributed by atoms with van der Waals surface area (Å²) in [6.45, 7) is 3.59. The van der Waals surface area contributed by atoms with Gasteiger partial charge in [0.15, 0.2) is 15.0 Å². The first-order valence-electron chi connectivity index (χ1n) is 8.24. The fourth-order valence-corrected chi connectivity index (χ4v) is 7.16. The quantitative estimate of drug-likeness (QED) is 0.819. The number of amides is 1. The Morgan fingerprint density at radius 1 is 1.29 bits per heavy atom. The van der Waals surface area contributed by atoms with Crippen molar-refractivity contribution < 1.29 is 13.2 Å². The number of amidine groups is 1. The zero-order chi connectivity index (χ0) is 17.3. The molecular formula is C17H22N2O3S2. The lowest BCUT2D eigenvalue weighted by atomic mass is 10.1. The summed E-state index contributed by atoms with van der Waals surface area (Å²) in [7, 11) is -3.02. The van der Waals surface area contributed by atoms with E-state index in [-0.39, 0.29) is 28.7 Å². The molecule has 2 saturated heterocycles. The molecule has 1 aromatic carbocycles. The van der Waals surface area contributed by atoms with Crippen LogP contribution in [0.3, 0.4) is 0 Å². The van der Waals surface area contributed by atoms with Gasteiger partial charge in [-0.05, 0) is 30.5 Å². The summed E-state index contributed by atoms with van der Waals surface area (Å²) in [5.74, 6) is 0.0219. The van der Waals surface area contributed by atoms with Gasteiger partial charge in [-0.2, -0.15) is 4.99 Å². The summed E-state index contributed by atoms with van der Waals surface area (Å²) in [6, 6.07) is 8.04. The highest BCUT2D eigenvalue weighted by Gasteiger charge is 2.49. The molecule has 2 heterocycles. The van der Waals surface area contributed by atoms with E-state index in [0.29, 0.717) is 5.17 Å². The molecule has 0 N–H and O–H groups in total. The monoisotopic (exact) mass is 366 g/mol. The lowest BCUT2D eigenvalue weighted by molar-refractivity contribution is -0.115. The molecule has 5 nitrogen and oxygen atoms in total. The third-order valence-electron chi connectivity index (χ3n) is 4.35. The van der Waals surface area contributed by atoms with Crippen molar-refractivity contribution in [1.29, 1.82) is 0 Å². The number of rotatable bonds is 4. The van der Waals surface area contributed by atoms with Crippen molar-refractivity contribution in [2.24, 2.45) is 4.99 Å². The Morgan fingerprint density at radius 3 is 2.62 bits per heavy atom. The molecule has 0 radical (unpaired) electrons. The Bertz CT molecular complexity index is 757. The first-order valence-corrected chi connectivity index (χ1v) is 10.9. The summed E-state index contributed by atoms with van der Waals surface area (Å²) in [4.78, 5) is 17.5. The van der Waals surface area contributed by atoms with Gasteiger partial charge in [0.25, 0.3) is 0 Å². The number of carbonyl (C=O) groups excluding carboxylic acids is 1. The SMILES string of the molecule is CCCCc1ccc(N2C(=NC(C)=O)S[C@@H]3CS(=O)(=O)C[C@@H]32)cc1. The molecule has 2 atom stereocenters. The molecule has 1 aromatic rings. The number of sulfone groups is 1. The molecule has 1 amide bonds. The van der Waals surface area contributed by atoms with Gasteiger partial charge >= 0.3 is 0 Å². The number of nitrogens with zero attached hydrogens (tertiary/aromatic N) is 2. The highest BCUT2D eigenvalue weighted by atomic mass is 32.2. The zero-order valence-electron chi connectivity index (χ0n) is 13.9. The minimum atomic E-state index is -3.02. The first-order chi connectivity index (χ1) is 11.4. The number of aliphatic imine (C=N–C) groups is 1. The van der Waals surface area contributed by atoms with Crippen molar-refractivity contribution in [3.8, 4) is 0 Å². The molecule has 2 aliphatic rings. The predicted molar refractivity (Wildman–Crippen MR) is 99.5 cm³/mol. The molecule has 0 bridgehead atoms. The maximum Gasteiger partial charge on any atom is 0.244 e. The van der Waals surface area contributed by atoms with Crippen LogP contribution in [0, 0.1) is 0 Å². The molecule has 0 aliphatic carbocycles. The van der Waals surface area contributed by atoms with Gasteiger partial charge in [-0.25, -0.2) is 8.42 Å². The minimum Gasteiger partial charge on any atom is -0.316 e. The molecule has 0 aromatic heterocycles. The van der Waals surface area contributed by atoms with E-state index in [9.17, 15) is 13.2 Å². The van der Waals surface area contributed by atoms with E-state index < -0.39 is 9.84 Å². The summed E-state index contributed by atoms with van der Waals surface area (Å²) in [5, 5.41) is 0.571. The predicted octanol–water partition coefficient (Wildman–Crippen LogP) is 2.65. The Balaban J connectivity index is 1.90. The average molecular weight is 367 g/mol. The highest BCUT2D eigenvalue weighted by Crippen LogP contribution is 2.41. The number of fused-ring (bicyclic) bond motifs is 1. The third-order valence-corrected chi connectivity index (χ3v) is 7.56. The maximum absolute atomic E-state index is 12.0. The van der Waals surface area contributed by atoms with Crippen LogP contribution < -0.4 is 4.90 Å². The second-order valence-corrected chi connectivity index (χ2v) is 9.71. The van der Waals surface area contributed by atoms with Gasteiger partial charge in [-0.3, -0.25) is 4.79 Å². The third kappa shape index (κ3) is 3.67. The van der Waals surface area contributed by atoms with Crippen LogP contribution in [-0.2, 0) is 21.1 Å². The number of carbonyl (C=O) groups is 1. The minimum absolute atomic E-state index is 0.0483. The van der Waals surface area contributed by atoms with Gasteiger partial charge in [0, 0.05) is 17.9 Å². The van der Waals surface area contributed by atoms with Crippen LogP contribution >= 0.6 is 11.8 Å². The molecule has 0 unspecified atom stereocenters. The number of hydrogen-bond donors (Lipinski definition) is 0. The van der Waals surface area contributed by atoms with Gasteiger partial charge in [0.05, 0.1) is 17.5 Å². The normalized spacial score (nSPS) is 26.8. The number of unbranched alkanes of at least 4 members (excludes halogenated alkanes) is 1. The molecular weight excluding hydrogens is 344 g/mol. The second-order valence-electron chi connectivity index (χ2n) is 6.35. The second kappa shape index (κ2) is 6.88. The van der Waals surface area contributed by atoms with Crippen molar-refractivity contribution in [1.82, 2.24) is 0 Å². The number of thioether (sulfide) groups is 1. The van der Waals surface area contributed by atoms with Crippen LogP contribution in [0.25, 0.3) is 0 Å². The Labute approximate surface area is 147 Å².